The Balaban J connectivity index is 0.00000361. The molecule has 0 bridgehead atoms. The van der Waals surface area contributed by atoms with Crippen LogP contribution in [0.5, 0.6) is 5.75 Å². The molecule has 0 spiro atoms. The highest BCUT2D eigenvalue weighted by Crippen LogP contribution is 2.39. The first-order valence-electron chi connectivity index (χ1n) is 7.09. The third-order valence-corrected chi connectivity index (χ3v) is 3.45. The molecule has 3 heteroatoms. The van der Waals surface area contributed by atoms with Gasteiger partial charge in [0.1, 0.15) is 5.75 Å². The van der Waals surface area contributed by atoms with Crippen molar-refractivity contribution in [1.82, 2.24) is 5.32 Å². The van der Waals surface area contributed by atoms with Crippen molar-refractivity contribution in [2.24, 2.45) is 0 Å². The first-order valence-corrected chi connectivity index (χ1v) is 7.09. The van der Waals surface area contributed by atoms with Gasteiger partial charge in [0, 0.05) is 0 Å². The van der Waals surface area contributed by atoms with E-state index in [4.69, 9.17) is 0 Å². The minimum absolute atomic E-state index is 0. The Hall–Kier alpha value is -0.730. The summed E-state index contributed by atoms with van der Waals surface area (Å²) in [6.45, 7) is 13.9. The van der Waals surface area contributed by atoms with Crippen LogP contribution >= 0.6 is 12.4 Å². The third-order valence-electron chi connectivity index (χ3n) is 3.45. The minimum Gasteiger partial charge on any atom is -0.507 e. The molecule has 0 aliphatic rings. The van der Waals surface area contributed by atoms with Gasteiger partial charge in [-0.3, -0.25) is 0 Å². The summed E-state index contributed by atoms with van der Waals surface area (Å²) in [5, 5.41) is 13.8. The van der Waals surface area contributed by atoms with Crippen LogP contribution in [0.3, 0.4) is 0 Å². The second-order valence-electron chi connectivity index (χ2n) is 7.39. The molecule has 0 aromatic heterocycles. The zero-order valence-electron chi connectivity index (χ0n) is 13.9. The maximum atomic E-state index is 10.6. The van der Waals surface area contributed by atoms with Crippen LogP contribution in [0.4, 0.5) is 0 Å². The fraction of sp³-hybridized carbons (Fsp3) is 0.647. The van der Waals surface area contributed by atoms with E-state index in [1.165, 1.54) is 5.56 Å². The van der Waals surface area contributed by atoms with Crippen molar-refractivity contribution < 1.29 is 5.11 Å². The molecule has 0 fully saturated rings. The van der Waals surface area contributed by atoms with Gasteiger partial charge in [0.2, 0.25) is 0 Å². The van der Waals surface area contributed by atoms with E-state index in [0.29, 0.717) is 5.75 Å². The van der Waals surface area contributed by atoms with E-state index in [-0.39, 0.29) is 23.2 Å². The van der Waals surface area contributed by atoms with Gasteiger partial charge in [-0.05, 0) is 47.5 Å². The number of hydrogen-bond donors (Lipinski definition) is 2. The number of halogens is 1. The van der Waals surface area contributed by atoms with Gasteiger partial charge in [-0.1, -0.05) is 53.7 Å². The summed E-state index contributed by atoms with van der Waals surface area (Å²) in [6, 6.07) is 4.31. The highest BCUT2D eigenvalue weighted by molar-refractivity contribution is 5.85. The van der Waals surface area contributed by atoms with Crippen molar-refractivity contribution in [3.63, 3.8) is 0 Å². The summed E-state index contributed by atoms with van der Waals surface area (Å²) < 4.78 is 0. The third kappa shape index (κ3) is 4.68. The fourth-order valence-corrected chi connectivity index (χ4v) is 2.25. The highest BCUT2D eigenvalue weighted by atomic mass is 35.5. The SMILES string of the molecule is CNCCc1cc(C(C)(C)C)c(O)c(C(C)(C)C)c1.Cl. The molecule has 1 rings (SSSR count). The van der Waals surface area contributed by atoms with Gasteiger partial charge in [-0.2, -0.15) is 0 Å². The molecule has 1 aromatic carbocycles. The van der Waals surface area contributed by atoms with Gasteiger partial charge in [-0.25, -0.2) is 0 Å². The van der Waals surface area contributed by atoms with Gasteiger partial charge in [0.25, 0.3) is 0 Å². The average molecular weight is 300 g/mol. The van der Waals surface area contributed by atoms with Crippen LogP contribution in [-0.2, 0) is 17.3 Å². The Morgan fingerprint density at radius 2 is 1.35 bits per heavy atom. The first-order chi connectivity index (χ1) is 8.57. The van der Waals surface area contributed by atoms with Crippen LogP contribution in [0.15, 0.2) is 12.1 Å². The molecule has 0 unspecified atom stereocenters. The lowest BCUT2D eigenvalue weighted by molar-refractivity contribution is 0.422. The summed E-state index contributed by atoms with van der Waals surface area (Å²) in [4.78, 5) is 0. The Morgan fingerprint density at radius 1 is 0.950 bits per heavy atom. The summed E-state index contributed by atoms with van der Waals surface area (Å²) in [6.07, 6.45) is 0.989. The second kappa shape index (κ2) is 6.82. The minimum atomic E-state index is -0.0419. The lowest BCUT2D eigenvalue weighted by Crippen LogP contribution is -2.19. The molecular weight excluding hydrogens is 270 g/mol. The van der Waals surface area contributed by atoms with Crippen LogP contribution in [0.2, 0.25) is 0 Å². The zero-order chi connectivity index (χ0) is 14.8. The standard InChI is InChI=1S/C17H29NO.ClH/c1-16(2,3)13-10-12(8-9-18-7)11-14(15(13)19)17(4,5)6;/h10-11,18-19H,8-9H2,1-7H3;1H. The van der Waals surface area contributed by atoms with Gasteiger partial charge in [-0.15, -0.1) is 12.4 Å². The van der Waals surface area contributed by atoms with E-state index >= 15 is 0 Å². The van der Waals surface area contributed by atoms with E-state index < -0.39 is 0 Å². The van der Waals surface area contributed by atoms with Gasteiger partial charge in [0.05, 0.1) is 0 Å². The van der Waals surface area contributed by atoms with Crippen LogP contribution in [-0.4, -0.2) is 18.7 Å². The number of phenolic OH excluding ortho intramolecular Hbond substituents is 1. The van der Waals surface area contributed by atoms with Crippen LogP contribution < -0.4 is 5.32 Å². The Kier molecular flexibility index (Phi) is 6.57. The summed E-state index contributed by atoms with van der Waals surface area (Å²) in [5.74, 6) is 0.466. The Morgan fingerprint density at radius 3 is 1.65 bits per heavy atom. The van der Waals surface area contributed by atoms with Crippen LogP contribution in [0.1, 0.15) is 58.2 Å². The number of benzene rings is 1. The van der Waals surface area contributed by atoms with Gasteiger partial charge in [0.15, 0.2) is 0 Å². The van der Waals surface area contributed by atoms with Crippen molar-refractivity contribution in [2.45, 2.75) is 58.8 Å². The molecule has 0 atom stereocenters. The number of phenols is 1. The zero-order valence-corrected chi connectivity index (χ0v) is 14.7. The molecular formula is C17H30ClNO. The first kappa shape index (κ1) is 19.3. The normalized spacial score (nSPS) is 12.2. The number of rotatable bonds is 3. The molecule has 2 N–H and O–H groups in total. The lowest BCUT2D eigenvalue weighted by Gasteiger charge is -2.28. The van der Waals surface area contributed by atoms with E-state index in [1.807, 2.05) is 7.05 Å². The van der Waals surface area contributed by atoms with Gasteiger partial charge >= 0.3 is 0 Å². The average Bonchev–Trinajstić information content (AvgIpc) is 2.24. The number of nitrogens with one attached hydrogen (secondary N) is 1. The summed E-state index contributed by atoms with van der Waals surface area (Å²) in [5.41, 5.74) is 3.30. The largest absolute Gasteiger partial charge is 0.507 e. The molecule has 0 saturated heterocycles. The number of aromatic hydroxyl groups is 1. The summed E-state index contributed by atoms with van der Waals surface area (Å²) >= 11 is 0. The maximum absolute atomic E-state index is 10.6. The second-order valence-corrected chi connectivity index (χ2v) is 7.39. The highest BCUT2D eigenvalue weighted by Gasteiger charge is 2.26. The van der Waals surface area contributed by atoms with Crippen LogP contribution in [0.25, 0.3) is 0 Å². The molecule has 1 aromatic rings. The molecule has 0 aliphatic heterocycles. The number of likely N-dealkylation sites (N-methyl/N-ethyl adjacent to an activating group) is 1. The number of hydrogen-bond acceptors (Lipinski definition) is 2. The van der Waals surface area contributed by atoms with Crippen molar-refractivity contribution >= 4 is 12.4 Å². The lowest BCUT2D eigenvalue weighted by atomic mass is 9.78. The Bertz CT molecular complexity index is 406. The van der Waals surface area contributed by atoms with E-state index in [9.17, 15) is 5.11 Å². The van der Waals surface area contributed by atoms with Crippen LogP contribution in [0, 0.1) is 0 Å². The molecule has 2 nitrogen and oxygen atoms in total. The molecule has 0 saturated carbocycles. The molecule has 0 amide bonds. The molecule has 0 radical (unpaired) electrons. The molecule has 0 heterocycles. The molecule has 0 aliphatic carbocycles. The van der Waals surface area contributed by atoms with E-state index in [1.54, 1.807) is 0 Å². The van der Waals surface area contributed by atoms with Crippen molar-refractivity contribution in [3.05, 3.63) is 28.8 Å². The quantitative estimate of drug-likeness (QED) is 0.878. The van der Waals surface area contributed by atoms with Crippen molar-refractivity contribution in [2.75, 3.05) is 13.6 Å². The van der Waals surface area contributed by atoms with E-state index in [2.05, 4.69) is 59.0 Å². The van der Waals surface area contributed by atoms with E-state index in [0.717, 1.165) is 24.1 Å². The predicted octanol–water partition coefficient (Wildman–Crippen LogP) is 4.17. The molecule has 116 valence electrons. The van der Waals surface area contributed by atoms with Crippen molar-refractivity contribution in [1.29, 1.82) is 0 Å². The van der Waals surface area contributed by atoms with Crippen molar-refractivity contribution in [3.8, 4) is 5.75 Å². The summed E-state index contributed by atoms with van der Waals surface area (Å²) in [7, 11) is 1.97. The molecule has 20 heavy (non-hydrogen) atoms. The fourth-order valence-electron chi connectivity index (χ4n) is 2.25. The Labute approximate surface area is 130 Å². The smallest absolute Gasteiger partial charge is 0.123 e. The van der Waals surface area contributed by atoms with Gasteiger partial charge < -0.3 is 10.4 Å². The monoisotopic (exact) mass is 299 g/mol. The topological polar surface area (TPSA) is 32.3 Å². The predicted molar refractivity (Wildman–Crippen MR) is 90.4 cm³/mol. The maximum Gasteiger partial charge on any atom is 0.123 e.